The summed E-state index contributed by atoms with van der Waals surface area (Å²) >= 11 is 0. The molecule has 0 aliphatic rings. The van der Waals surface area contributed by atoms with Gasteiger partial charge in [-0.25, -0.2) is 15.0 Å². The zero-order valence-corrected chi connectivity index (χ0v) is 27.9. The van der Waals surface area contributed by atoms with E-state index in [-0.39, 0.29) is 0 Å². The minimum atomic E-state index is 0.598. The Bertz CT molecular complexity index is 3120. The average Bonchev–Trinajstić information content (AvgIpc) is 3.76. The van der Waals surface area contributed by atoms with E-state index in [4.69, 9.17) is 19.4 Å². The predicted octanol–water partition coefficient (Wildman–Crippen LogP) is 12.2. The van der Waals surface area contributed by atoms with Crippen molar-refractivity contribution in [3.05, 3.63) is 170 Å². The van der Waals surface area contributed by atoms with Gasteiger partial charge in [-0.1, -0.05) is 140 Å². The van der Waals surface area contributed by atoms with Crippen LogP contribution in [0, 0.1) is 0 Å². The van der Waals surface area contributed by atoms with Gasteiger partial charge in [0, 0.05) is 38.2 Å². The molecule has 11 rings (SSSR count). The topological polar surface area (TPSA) is 56.7 Å². The SMILES string of the molecule is c1ccc(-c2nc(-c3ccccc3)nc(-c3cccc4oc5c(-n6c7cc8ccccc8cc7c7c8ccccc8ccc76)cccc5c34)n2)cc1. The van der Waals surface area contributed by atoms with Gasteiger partial charge in [0.2, 0.25) is 0 Å². The average molecular weight is 665 g/mol. The van der Waals surface area contributed by atoms with Crippen LogP contribution in [0.5, 0.6) is 0 Å². The number of hydrogen-bond acceptors (Lipinski definition) is 4. The van der Waals surface area contributed by atoms with Crippen molar-refractivity contribution in [3.63, 3.8) is 0 Å². The lowest BCUT2D eigenvalue weighted by atomic mass is 10.0. The van der Waals surface area contributed by atoms with Gasteiger partial charge in [-0.15, -0.1) is 0 Å². The van der Waals surface area contributed by atoms with Crippen molar-refractivity contribution < 1.29 is 4.42 Å². The van der Waals surface area contributed by atoms with Gasteiger partial charge in [0.05, 0.1) is 16.7 Å². The Kier molecular flexibility index (Phi) is 6.18. The Morgan fingerprint density at radius 3 is 1.77 bits per heavy atom. The number of furan rings is 1. The van der Waals surface area contributed by atoms with Crippen LogP contribution in [-0.2, 0) is 0 Å². The maximum absolute atomic E-state index is 6.88. The lowest BCUT2D eigenvalue weighted by Gasteiger charge is -2.10. The number of nitrogens with zero attached hydrogens (tertiary/aromatic N) is 4. The van der Waals surface area contributed by atoms with Crippen molar-refractivity contribution in [1.82, 2.24) is 19.5 Å². The Labute approximate surface area is 298 Å². The van der Waals surface area contributed by atoms with Crippen LogP contribution in [-0.4, -0.2) is 19.5 Å². The molecule has 0 saturated carbocycles. The lowest BCUT2D eigenvalue weighted by molar-refractivity contribution is 0.666. The smallest absolute Gasteiger partial charge is 0.164 e. The molecule has 5 nitrogen and oxygen atoms in total. The molecule has 0 N–H and O–H groups in total. The third-order valence-corrected chi connectivity index (χ3v) is 10.2. The summed E-state index contributed by atoms with van der Waals surface area (Å²) in [6.45, 7) is 0. The van der Waals surface area contributed by atoms with E-state index < -0.39 is 0 Å². The minimum Gasteiger partial charge on any atom is -0.454 e. The molecule has 5 heteroatoms. The molecule has 0 unspecified atom stereocenters. The van der Waals surface area contributed by atoms with Crippen molar-refractivity contribution in [2.45, 2.75) is 0 Å². The van der Waals surface area contributed by atoms with E-state index in [1.165, 1.54) is 32.3 Å². The molecule has 0 spiro atoms. The van der Waals surface area contributed by atoms with Gasteiger partial charge in [0.25, 0.3) is 0 Å². The normalized spacial score (nSPS) is 11.8. The van der Waals surface area contributed by atoms with Crippen LogP contribution in [0.4, 0.5) is 0 Å². The van der Waals surface area contributed by atoms with Crippen LogP contribution in [0.15, 0.2) is 174 Å². The molecular weight excluding hydrogens is 637 g/mol. The number of aromatic nitrogens is 4. The van der Waals surface area contributed by atoms with Crippen molar-refractivity contribution in [3.8, 4) is 39.9 Å². The molecule has 0 saturated heterocycles. The van der Waals surface area contributed by atoms with Crippen molar-refractivity contribution in [2.75, 3.05) is 0 Å². The first kappa shape index (κ1) is 28.7. The quantitative estimate of drug-likeness (QED) is 0.188. The summed E-state index contributed by atoms with van der Waals surface area (Å²) in [7, 11) is 0. The van der Waals surface area contributed by atoms with Gasteiger partial charge in [0.15, 0.2) is 23.1 Å². The van der Waals surface area contributed by atoms with Gasteiger partial charge in [-0.05, 0) is 51.9 Å². The van der Waals surface area contributed by atoms with Crippen LogP contribution >= 0.6 is 0 Å². The highest BCUT2D eigenvalue weighted by Gasteiger charge is 2.22. The second-order valence-electron chi connectivity index (χ2n) is 13.2. The summed E-state index contributed by atoms with van der Waals surface area (Å²) in [5.74, 6) is 1.85. The molecule has 3 heterocycles. The van der Waals surface area contributed by atoms with Crippen molar-refractivity contribution in [1.29, 1.82) is 0 Å². The Morgan fingerprint density at radius 2 is 1.02 bits per heavy atom. The maximum Gasteiger partial charge on any atom is 0.164 e. The molecular formula is C47H28N4O. The van der Waals surface area contributed by atoms with E-state index >= 15 is 0 Å². The van der Waals surface area contributed by atoms with Gasteiger partial charge in [0.1, 0.15) is 5.58 Å². The highest BCUT2D eigenvalue weighted by atomic mass is 16.3. The second kappa shape index (κ2) is 11.2. The largest absolute Gasteiger partial charge is 0.454 e. The molecule has 0 aliphatic carbocycles. The lowest BCUT2D eigenvalue weighted by Crippen LogP contribution is -2.00. The van der Waals surface area contributed by atoms with Crippen LogP contribution in [0.25, 0.3) is 105 Å². The molecule has 0 fully saturated rings. The van der Waals surface area contributed by atoms with E-state index in [0.29, 0.717) is 17.5 Å². The predicted molar refractivity (Wildman–Crippen MR) is 213 cm³/mol. The number of rotatable bonds is 4. The molecule has 0 atom stereocenters. The van der Waals surface area contributed by atoms with Crippen LogP contribution < -0.4 is 0 Å². The van der Waals surface area contributed by atoms with Crippen molar-refractivity contribution >= 4 is 65.3 Å². The monoisotopic (exact) mass is 664 g/mol. The van der Waals surface area contributed by atoms with E-state index in [9.17, 15) is 0 Å². The van der Waals surface area contributed by atoms with Crippen molar-refractivity contribution in [2.24, 2.45) is 0 Å². The summed E-state index contributed by atoms with van der Waals surface area (Å²) in [6, 6.07) is 59.1. The zero-order valence-electron chi connectivity index (χ0n) is 27.9. The first-order valence-electron chi connectivity index (χ1n) is 17.5. The standard InChI is InChI=1S/C47H28N4O/c1-3-14-30(15-4-1)45-48-46(31-16-5-2-6-17-31)50-47(49-45)36-22-12-24-41-43(36)35-21-11-23-39(44(35)52-41)51-38-26-25-29-13-9-10-20-34(29)42(38)37-27-32-18-7-8-19-33(32)28-40(37)51/h1-28H. The first-order valence-corrected chi connectivity index (χ1v) is 17.5. The third-order valence-electron chi connectivity index (χ3n) is 10.2. The highest BCUT2D eigenvalue weighted by molar-refractivity contribution is 6.24. The molecule has 0 radical (unpaired) electrons. The van der Waals surface area contributed by atoms with Crippen LogP contribution in [0.3, 0.4) is 0 Å². The van der Waals surface area contributed by atoms with Gasteiger partial charge in [-0.2, -0.15) is 0 Å². The highest BCUT2D eigenvalue weighted by Crippen LogP contribution is 2.43. The number of fused-ring (bicyclic) bond motifs is 9. The zero-order chi connectivity index (χ0) is 34.2. The maximum atomic E-state index is 6.88. The fourth-order valence-electron chi connectivity index (χ4n) is 7.86. The Hall–Kier alpha value is -7.11. The van der Waals surface area contributed by atoms with E-state index in [0.717, 1.165) is 55.3 Å². The fourth-order valence-corrected chi connectivity index (χ4v) is 7.86. The minimum absolute atomic E-state index is 0.598. The molecule has 242 valence electrons. The summed E-state index contributed by atoms with van der Waals surface area (Å²) in [5, 5.41) is 9.29. The van der Waals surface area contributed by atoms with Crippen LogP contribution in [0.2, 0.25) is 0 Å². The molecule has 11 aromatic rings. The number of benzene rings is 8. The molecule has 8 aromatic carbocycles. The van der Waals surface area contributed by atoms with Gasteiger partial charge in [-0.3, -0.25) is 0 Å². The van der Waals surface area contributed by atoms with E-state index in [1.807, 2.05) is 72.8 Å². The summed E-state index contributed by atoms with van der Waals surface area (Å²) in [5.41, 5.74) is 7.60. The van der Waals surface area contributed by atoms with Crippen LogP contribution in [0.1, 0.15) is 0 Å². The summed E-state index contributed by atoms with van der Waals surface area (Å²) in [4.78, 5) is 15.1. The van der Waals surface area contributed by atoms with Gasteiger partial charge < -0.3 is 8.98 Å². The molecule has 0 amide bonds. The number of hydrogen-bond donors (Lipinski definition) is 0. The molecule has 52 heavy (non-hydrogen) atoms. The fraction of sp³-hybridized carbons (Fsp3) is 0. The first-order chi connectivity index (χ1) is 25.8. The third kappa shape index (κ3) is 4.33. The Morgan fingerprint density at radius 1 is 0.404 bits per heavy atom. The molecule has 0 aliphatic heterocycles. The molecule has 3 aromatic heterocycles. The molecule has 0 bridgehead atoms. The van der Waals surface area contributed by atoms with E-state index in [2.05, 4.69) is 102 Å². The Balaban J connectivity index is 1.20. The summed E-state index contributed by atoms with van der Waals surface area (Å²) < 4.78 is 9.25. The summed E-state index contributed by atoms with van der Waals surface area (Å²) in [6.07, 6.45) is 0. The van der Waals surface area contributed by atoms with E-state index in [1.54, 1.807) is 0 Å². The van der Waals surface area contributed by atoms with Gasteiger partial charge >= 0.3 is 0 Å². The second-order valence-corrected chi connectivity index (χ2v) is 13.2. The number of para-hydroxylation sites is 1.